The Balaban J connectivity index is 2.47. The van der Waals surface area contributed by atoms with E-state index in [4.69, 9.17) is 10.5 Å². The lowest BCUT2D eigenvalue weighted by Crippen LogP contribution is -2.13. The van der Waals surface area contributed by atoms with Gasteiger partial charge < -0.3 is 10.5 Å². The van der Waals surface area contributed by atoms with Crippen LogP contribution in [-0.4, -0.2) is 7.11 Å². The smallest absolute Gasteiger partial charge is 0.130 e. The molecule has 0 saturated carbocycles. The Morgan fingerprint density at radius 1 is 1.44 bits per heavy atom. The molecule has 2 N–H and O–H groups in total. The minimum absolute atomic E-state index is 0.0721. The van der Waals surface area contributed by atoms with E-state index in [2.05, 4.69) is 6.92 Å². The fraction of sp³-hybridized carbons (Fsp3) is 0.538. The summed E-state index contributed by atoms with van der Waals surface area (Å²) >= 11 is 0. The lowest BCUT2D eigenvalue weighted by atomic mass is 9.97. The molecule has 0 saturated heterocycles. The Hall–Kier alpha value is -1.09. The van der Waals surface area contributed by atoms with Gasteiger partial charge in [-0.25, -0.2) is 4.39 Å². The van der Waals surface area contributed by atoms with E-state index in [9.17, 15) is 4.39 Å². The van der Waals surface area contributed by atoms with Crippen LogP contribution in [0, 0.1) is 11.7 Å². The molecule has 0 spiro atoms. The van der Waals surface area contributed by atoms with Crippen LogP contribution in [0.15, 0.2) is 12.1 Å². The van der Waals surface area contributed by atoms with Gasteiger partial charge in [0.05, 0.1) is 7.11 Å². The van der Waals surface area contributed by atoms with Crippen LogP contribution in [0.2, 0.25) is 0 Å². The number of nitrogens with two attached hydrogens (primary N) is 1. The summed E-state index contributed by atoms with van der Waals surface area (Å²) in [5, 5.41) is 0. The Bertz CT molecular complexity index is 392. The average Bonchev–Trinajstić information content (AvgIpc) is 2.39. The molecule has 0 aromatic heterocycles. The molecular weight excluding hydrogens is 205 g/mol. The van der Waals surface area contributed by atoms with E-state index in [1.807, 2.05) is 6.07 Å². The van der Waals surface area contributed by atoms with Crippen LogP contribution < -0.4 is 10.5 Å². The van der Waals surface area contributed by atoms with E-state index in [0.717, 1.165) is 30.4 Å². The fourth-order valence-electron chi connectivity index (χ4n) is 2.41. The maximum Gasteiger partial charge on any atom is 0.130 e. The van der Waals surface area contributed by atoms with Gasteiger partial charge in [-0.2, -0.15) is 0 Å². The van der Waals surface area contributed by atoms with Gasteiger partial charge in [-0.15, -0.1) is 0 Å². The first-order valence-corrected chi connectivity index (χ1v) is 5.73. The first kappa shape index (κ1) is 11.4. The van der Waals surface area contributed by atoms with E-state index in [0.29, 0.717) is 11.7 Å². The van der Waals surface area contributed by atoms with E-state index >= 15 is 0 Å². The maximum absolute atomic E-state index is 13.9. The van der Waals surface area contributed by atoms with E-state index in [-0.39, 0.29) is 11.9 Å². The molecule has 2 unspecified atom stereocenters. The molecule has 2 rings (SSSR count). The predicted molar refractivity (Wildman–Crippen MR) is 62.0 cm³/mol. The number of ether oxygens (including phenoxy) is 1. The second kappa shape index (κ2) is 4.42. The summed E-state index contributed by atoms with van der Waals surface area (Å²) in [7, 11) is 1.55. The van der Waals surface area contributed by atoms with Crippen LogP contribution in [0.25, 0.3) is 0 Å². The fourth-order valence-corrected chi connectivity index (χ4v) is 2.41. The van der Waals surface area contributed by atoms with Crippen LogP contribution in [-0.2, 0) is 6.42 Å². The van der Waals surface area contributed by atoms with Crippen LogP contribution in [0.5, 0.6) is 5.75 Å². The van der Waals surface area contributed by atoms with E-state index in [1.165, 1.54) is 6.07 Å². The van der Waals surface area contributed by atoms with Crippen molar-refractivity contribution in [3.8, 4) is 5.75 Å². The van der Waals surface area contributed by atoms with E-state index < -0.39 is 0 Å². The Morgan fingerprint density at radius 3 is 2.88 bits per heavy atom. The van der Waals surface area contributed by atoms with Crippen molar-refractivity contribution in [2.45, 2.75) is 32.2 Å². The van der Waals surface area contributed by atoms with Gasteiger partial charge >= 0.3 is 0 Å². The average molecular weight is 223 g/mol. The summed E-state index contributed by atoms with van der Waals surface area (Å²) in [5.74, 6) is 0.924. The number of hydrogen-bond donors (Lipinski definition) is 1. The summed E-state index contributed by atoms with van der Waals surface area (Å²) in [5.41, 5.74) is 7.80. The second-order valence-corrected chi connectivity index (χ2v) is 4.66. The lowest BCUT2D eigenvalue weighted by Gasteiger charge is -2.15. The van der Waals surface area contributed by atoms with Crippen LogP contribution in [0.3, 0.4) is 0 Å². The van der Waals surface area contributed by atoms with Gasteiger partial charge in [-0.3, -0.25) is 0 Å². The van der Waals surface area contributed by atoms with Crippen molar-refractivity contribution in [3.05, 3.63) is 29.1 Å². The highest BCUT2D eigenvalue weighted by atomic mass is 19.1. The number of fused-ring (bicyclic) bond motifs is 1. The molecule has 0 radical (unpaired) electrons. The summed E-state index contributed by atoms with van der Waals surface area (Å²) in [6, 6.07) is 3.25. The molecule has 0 bridgehead atoms. The normalized spacial score (nSPS) is 24.8. The molecule has 1 aliphatic rings. The number of methoxy groups -OCH3 is 1. The van der Waals surface area contributed by atoms with Crippen molar-refractivity contribution >= 4 is 0 Å². The van der Waals surface area contributed by atoms with Gasteiger partial charge in [-0.05, 0) is 42.4 Å². The van der Waals surface area contributed by atoms with Crippen LogP contribution in [0.4, 0.5) is 4.39 Å². The third kappa shape index (κ3) is 2.05. The van der Waals surface area contributed by atoms with Crippen LogP contribution in [0.1, 0.15) is 36.9 Å². The summed E-state index contributed by atoms with van der Waals surface area (Å²) in [6.07, 6.45) is 2.70. The summed E-state index contributed by atoms with van der Waals surface area (Å²) in [4.78, 5) is 0. The highest BCUT2D eigenvalue weighted by Crippen LogP contribution is 2.34. The monoisotopic (exact) mass is 223 g/mol. The van der Waals surface area contributed by atoms with Crippen molar-refractivity contribution < 1.29 is 9.13 Å². The first-order valence-electron chi connectivity index (χ1n) is 5.73. The summed E-state index contributed by atoms with van der Waals surface area (Å²) in [6.45, 7) is 2.17. The summed E-state index contributed by atoms with van der Waals surface area (Å²) < 4.78 is 18.9. The second-order valence-electron chi connectivity index (χ2n) is 4.66. The minimum atomic E-state index is -0.182. The molecule has 1 aliphatic carbocycles. The Morgan fingerprint density at radius 2 is 2.19 bits per heavy atom. The van der Waals surface area contributed by atoms with Crippen molar-refractivity contribution in [3.63, 3.8) is 0 Å². The van der Waals surface area contributed by atoms with Gasteiger partial charge in [0.15, 0.2) is 0 Å². The highest BCUT2D eigenvalue weighted by Gasteiger charge is 2.22. The van der Waals surface area contributed by atoms with Gasteiger partial charge in [-0.1, -0.05) is 6.92 Å². The SMILES string of the molecule is COc1cc(F)c2c(c1)C(N)CC(C)CC2. The molecule has 0 amide bonds. The molecule has 16 heavy (non-hydrogen) atoms. The number of benzene rings is 1. The highest BCUT2D eigenvalue weighted by molar-refractivity contribution is 5.39. The zero-order valence-electron chi connectivity index (χ0n) is 9.79. The zero-order chi connectivity index (χ0) is 11.7. The van der Waals surface area contributed by atoms with Crippen LogP contribution >= 0.6 is 0 Å². The third-order valence-electron chi connectivity index (χ3n) is 3.38. The number of halogens is 1. The molecule has 3 heteroatoms. The van der Waals surface area contributed by atoms with Gasteiger partial charge in [0.1, 0.15) is 11.6 Å². The van der Waals surface area contributed by atoms with Gasteiger partial charge in [0, 0.05) is 12.1 Å². The Labute approximate surface area is 95.6 Å². The van der Waals surface area contributed by atoms with Crippen molar-refractivity contribution in [2.24, 2.45) is 11.7 Å². The molecule has 0 heterocycles. The topological polar surface area (TPSA) is 35.2 Å². The minimum Gasteiger partial charge on any atom is -0.497 e. The van der Waals surface area contributed by atoms with Gasteiger partial charge in [0.25, 0.3) is 0 Å². The standard InChI is InChI=1S/C13H18FNO/c1-8-3-4-10-11(13(15)5-8)6-9(16-2)7-12(10)14/h6-8,13H,3-5,15H2,1-2H3. The third-order valence-corrected chi connectivity index (χ3v) is 3.38. The Kier molecular flexibility index (Phi) is 3.15. The van der Waals surface area contributed by atoms with Crippen molar-refractivity contribution in [1.82, 2.24) is 0 Å². The molecular formula is C13H18FNO. The zero-order valence-corrected chi connectivity index (χ0v) is 9.79. The van der Waals surface area contributed by atoms with Crippen molar-refractivity contribution in [1.29, 1.82) is 0 Å². The van der Waals surface area contributed by atoms with Crippen molar-refractivity contribution in [2.75, 3.05) is 7.11 Å². The molecule has 2 nitrogen and oxygen atoms in total. The first-order chi connectivity index (χ1) is 7.61. The molecule has 1 aromatic carbocycles. The number of hydrogen-bond acceptors (Lipinski definition) is 2. The molecule has 2 atom stereocenters. The molecule has 0 fully saturated rings. The quantitative estimate of drug-likeness (QED) is 0.743. The molecule has 0 aliphatic heterocycles. The van der Waals surface area contributed by atoms with Gasteiger partial charge in [0.2, 0.25) is 0 Å². The van der Waals surface area contributed by atoms with E-state index in [1.54, 1.807) is 7.11 Å². The molecule has 88 valence electrons. The predicted octanol–water partition coefficient (Wildman–Crippen LogP) is 2.81. The largest absolute Gasteiger partial charge is 0.497 e. The molecule has 1 aromatic rings. The maximum atomic E-state index is 13.9. The number of rotatable bonds is 1. The lowest BCUT2D eigenvalue weighted by molar-refractivity contribution is 0.409.